The average Bonchev–Trinajstić information content (AvgIpc) is 4.18. The number of rotatable bonds is 1. The topological polar surface area (TPSA) is 13.2 Å². The van der Waals surface area contributed by atoms with Crippen LogP contribution in [0.25, 0.3) is 146 Å². The summed E-state index contributed by atoms with van der Waals surface area (Å²) in [6.45, 7) is 5.42. The van der Waals surface area contributed by atoms with Gasteiger partial charge in [0, 0.05) is 50.9 Å². The van der Waals surface area contributed by atoms with Gasteiger partial charge in [-0.25, -0.2) is 0 Å². The minimum Gasteiger partial charge on any atom is -0.315 e. The zero-order valence-corrected chi connectivity index (χ0v) is 37.3. The van der Waals surface area contributed by atoms with Crippen LogP contribution in [0.15, 0.2) is 225 Å². The van der Waals surface area contributed by atoms with Crippen molar-refractivity contribution in [2.75, 3.05) is 0 Å². The molecule has 0 fully saturated rings. The number of fused-ring (bicyclic) bond motifs is 27. The molecule has 0 saturated heterocycles. The third kappa shape index (κ3) is 5.07. The van der Waals surface area contributed by atoms with E-state index in [9.17, 15) is 0 Å². The van der Waals surface area contributed by atoms with E-state index in [4.69, 9.17) is 0 Å². The molecule has 0 amide bonds. The molecule has 0 aliphatic heterocycles. The van der Waals surface area contributed by atoms with Gasteiger partial charge in [-0.15, -0.1) is 0 Å². The van der Waals surface area contributed by atoms with Crippen LogP contribution in [0.4, 0.5) is 0 Å². The molecule has 0 aliphatic carbocycles. The quantitative estimate of drug-likeness (QED) is 0.0886. The summed E-state index contributed by atoms with van der Waals surface area (Å²) in [6, 6.07) is 68.9. The lowest BCUT2D eigenvalue weighted by molar-refractivity contribution is 1.26. The molecule has 0 bridgehead atoms. The number of aromatic nitrogens is 3. The van der Waals surface area contributed by atoms with Gasteiger partial charge in [-0.05, 0) is 197 Å². The molecule has 0 unspecified atom stereocenters. The Morgan fingerprint density at radius 2 is 0.574 bits per heavy atom. The van der Waals surface area contributed by atoms with Crippen LogP contribution in [0.5, 0.6) is 0 Å². The van der Waals surface area contributed by atoms with Crippen molar-refractivity contribution in [3.05, 3.63) is 225 Å². The Morgan fingerprint density at radius 1 is 0.309 bits per heavy atom. The van der Waals surface area contributed by atoms with Gasteiger partial charge in [-0.1, -0.05) is 97.6 Å². The summed E-state index contributed by atoms with van der Waals surface area (Å²) in [6.07, 6.45) is 12.5. The molecule has 16 rings (SSSR count). The summed E-state index contributed by atoms with van der Waals surface area (Å²) in [7, 11) is 0. The second kappa shape index (κ2) is 13.8. The van der Waals surface area contributed by atoms with Gasteiger partial charge in [0.25, 0.3) is 0 Å². The minimum absolute atomic E-state index is 1.21. The molecule has 16 aromatic rings. The van der Waals surface area contributed by atoms with Gasteiger partial charge in [0.1, 0.15) is 0 Å². The predicted molar refractivity (Wildman–Crippen MR) is 294 cm³/mol. The standard InChI is InChI=1S/C60H33N3.C5H8/c1-4-13-37-25-43-31-49-46(28-40(43)22-34(37)10-1)52-16-7-19-61(52)58-55(49)59-57(51-33-45-27-39-15-6-3-12-36(39)24-42(45)30-48(51)53-17-8-20-62(53)59)60-56(58)50-32-44-26-38-14-5-2-11-35(38)23-41(44)29-47(50)54-18-9-21-63(54)60;1-3-5-4-2/h1-33H;3-5H,1H2,2H3/b;5-4-. The fraction of sp³-hybridized carbons (Fsp3) is 0.0154. The second-order valence-corrected chi connectivity index (χ2v) is 18.6. The zero-order chi connectivity index (χ0) is 44.8. The first-order valence-electron chi connectivity index (χ1n) is 23.5. The van der Waals surface area contributed by atoms with E-state index in [1.54, 1.807) is 6.08 Å². The largest absolute Gasteiger partial charge is 0.315 e. The van der Waals surface area contributed by atoms with Crippen LogP contribution >= 0.6 is 0 Å². The second-order valence-electron chi connectivity index (χ2n) is 18.6. The average molecular weight is 864 g/mol. The maximum atomic E-state index is 3.46. The van der Waals surface area contributed by atoms with Crippen molar-refractivity contribution >= 4 is 146 Å². The van der Waals surface area contributed by atoms with Gasteiger partial charge in [-0.3, -0.25) is 0 Å². The molecule has 0 spiro atoms. The highest BCUT2D eigenvalue weighted by Gasteiger charge is 2.25. The number of nitrogens with zero attached hydrogens (tertiary/aromatic N) is 3. The fourth-order valence-electron chi connectivity index (χ4n) is 12.0. The smallest absolute Gasteiger partial charge is 0.0655 e. The summed E-state index contributed by atoms with van der Waals surface area (Å²) in [4.78, 5) is 0. The zero-order valence-electron chi connectivity index (χ0n) is 37.3. The van der Waals surface area contributed by atoms with E-state index in [0.717, 1.165) is 0 Å². The van der Waals surface area contributed by atoms with E-state index < -0.39 is 0 Å². The van der Waals surface area contributed by atoms with Crippen LogP contribution in [0.3, 0.4) is 0 Å². The molecule has 0 atom stereocenters. The van der Waals surface area contributed by atoms with Crippen molar-refractivity contribution in [2.45, 2.75) is 6.92 Å². The van der Waals surface area contributed by atoms with E-state index in [1.807, 2.05) is 19.1 Å². The Kier molecular flexibility index (Phi) is 7.58. The van der Waals surface area contributed by atoms with E-state index in [0.29, 0.717) is 0 Å². The van der Waals surface area contributed by atoms with Crippen molar-refractivity contribution < 1.29 is 0 Å². The maximum absolute atomic E-state index is 3.46. The summed E-state index contributed by atoms with van der Waals surface area (Å²) >= 11 is 0. The van der Waals surface area contributed by atoms with Crippen LogP contribution < -0.4 is 0 Å². The first-order chi connectivity index (χ1) is 33.6. The molecule has 3 nitrogen and oxygen atoms in total. The predicted octanol–water partition coefficient (Wildman–Crippen LogP) is 18.0. The molecule has 68 heavy (non-hydrogen) atoms. The summed E-state index contributed by atoms with van der Waals surface area (Å²) in [5.41, 5.74) is 7.32. The molecule has 0 radical (unpaired) electrons. The van der Waals surface area contributed by atoms with E-state index in [-0.39, 0.29) is 0 Å². The molecular formula is C65H41N3. The molecule has 316 valence electrons. The van der Waals surface area contributed by atoms with Crippen molar-refractivity contribution in [1.29, 1.82) is 0 Å². The Bertz CT molecular complexity index is 4420. The molecule has 0 saturated carbocycles. The van der Waals surface area contributed by atoms with Crippen molar-refractivity contribution in [1.82, 2.24) is 13.2 Å². The van der Waals surface area contributed by atoms with Gasteiger partial charge in [0.15, 0.2) is 0 Å². The normalized spacial score (nSPS) is 12.5. The Labute approximate surface area is 389 Å². The van der Waals surface area contributed by atoms with Crippen LogP contribution in [-0.2, 0) is 0 Å². The number of pyridine rings is 3. The first-order valence-corrected chi connectivity index (χ1v) is 23.5. The highest BCUT2D eigenvalue weighted by Crippen LogP contribution is 2.49. The molecule has 6 heterocycles. The third-order valence-electron chi connectivity index (χ3n) is 14.9. The first kappa shape index (κ1) is 37.3. The van der Waals surface area contributed by atoms with E-state index >= 15 is 0 Å². The summed E-state index contributed by atoms with van der Waals surface area (Å²) < 4.78 is 7.49. The number of hydrogen-bond donors (Lipinski definition) is 0. The van der Waals surface area contributed by atoms with Crippen molar-refractivity contribution in [3.8, 4) is 0 Å². The van der Waals surface area contributed by atoms with Crippen molar-refractivity contribution in [3.63, 3.8) is 0 Å². The van der Waals surface area contributed by atoms with Crippen molar-refractivity contribution in [2.24, 2.45) is 0 Å². The third-order valence-corrected chi connectivity index (χ3v) is 14.9. The highest BCUT2D eigenvalue weighted by atomic mass is 14.9. The lowest BCUT2D eigenvalue weighted by Gasteiger charge is -2.22. The molecular weight excluding hydrogens is 823 g/mol. The lowest BCUT2D eigenvalue weighted by atomic mass is 9.90. The highest BCUT2D eigenvalue weighted by molar-refractivity contribution is 6.41. The van der Waals surface area contributed by atoms with Crippen LogP contribution in [0.1, 0.15) is 6.92 Å². The molecule has 6 aromatic heterocycles. The summed E-state index contributed by atoms with van der Waals surface area (Å²) in [5.74, 6) is 0. The molecule has 3 heteroatoms. The van der Waals surface area contributed by atoms with Gasteiger partial charge >= 0.3 is 0 Å². The molecule has 10 aromatic carbocycles. The van der Waals surface area contributed by atoms with Crippen LogP contribution in [-0.4, -0.2) is 13.2 Å². The van der Waals surface area contributed by atoms with E-state index in [1.165, 1.54) is 146 Å². The summed E-state index contributed by atoms with van der Waals surface area (Å²) in [5, 5.41) is 26.4. The fourth-order valence-corrected chi connectivity index (χ4v) is 12.0. The van der Waals surface area contributed by atoms with Gasteiger partial charge in [0.2, 0.25) is 0 Å². The number of benzene rings is 10. The molecule has 0 N–H and O–H groups in total. The Balaban J connectivity index is 0.000000803. The Morgan fingerprint density at radius 3 is 0.809 bits per heavy atom. The maximum Gasteiger partial charge on any atom is 0.0655 e. The monoisotopic (exact) mass is 863 g/mol. The van der Waals surface area contributed by atoms with Crippen LogP contribution in [0.2, 0.25) is 0 Å². The van der Waals surface area contributed by atoms with Gasteiger partial charge in [0.05, 0.1) is 33.1 Å². The Hall–Kier alpha value is -8.92. The van der Waals surface area contributed by atoms with Crippen LogP contribution in [0, 0.1) is 0 Å². The minimum atomic E-state index is 1.21. The number of allylic oxidation sites excluding steroid dienone is 3. The molecule has 0 aliphatic rings. The van der Waals surface area contributed by atoms with E-state index in [2.05, 4.69) is 220 Å². The SMILES string of the molecule is C=C/C=C\C.c1ccc2cc3cc4c(cc3cc2c1)c1c2c(c3cc5cc6ccccc6cc5cc3c3cccn32)c2c(c3cc5cc6ccccc6cc5cc3c3cccn32)c1n1cccc41. The lowest BCUT2D eigenvalue weighted by Crippen LogP contribution is -2.01. The number of hydrogen-bond acceptors (Lipinski definition) is 0. The van der Waals surface area contributed by atoms with Gasteiger partial charge < -0.3 is 13.2 Å². The van der Waals surface area contributed by atoms with Gasteiger partial charge in [-0.2, -0.15) is 0 Å².